The van der Waals surface area contributed by atoms with Gasteiger partial charge in [0.1, 0.15) is 5.75 Å². The Morgan fingerprint density at radius 1 is 1.50 bits per heavy atom. The number of hydrogen-bond donors (Lipinski definition) is 0. The van der Waals surface area contributed by atoms with Crippen molar-refractivity contribution < 1.29 is 9.53 Å². The molecule has 1 saturated heterocycles. The molecule has 2 atom stereocenters. The summed E-state index contributed by atoms with van der Waals surface area (Å²) in [6.07, 6.45) is 0.736. The predicted octanol–water partition coefficient (Wildman–Crippen LogP) is 2.17. The molecule has 2 unspecified atom stereocenters. The Morgan fingerprint density at radius 2 is 2.33 bits per heavy atom. The number of carbonyl (C=O) groups excluding carboxylic acids is 1. The summed E-state index contributed by atoms with van der Waals surface area (Å²) in [5.74, 6) is 1.50. The third-order valence-electron chi connectivity index (χ3n) is 3.62. The Balaban J connectivity index is 1.92. The minimum absolute atomic E-state index is 0.0787. The summed E-state index contributed by atoms with van der Waals surface area (Å²) < 4.78 is 5.99. The van der Waals surface area contributed by atoms with Gasteiger partial charge in [0.15, 0.2) is 5.17 Å². The quantitative estimate of drug-likeness (QED) is 0.718. The number of amidine groups is 1. The van der Waals surface area contributed by atoms with E-state index in [-0.39, 0.29) is 11.9 Å². The van der Waals surface area contributed by atoms with Crippen molar-refractivity contribution in [2.75, 3.05) is 5.75 Å². The zero-order valence-electron chi connectivity index (χ0n) is 9.92. The molecule has 1 aromatic rings. The van der Waals surface area contributed by atoms with Crippen LogP contribution in [0.25, 0.3) is 0 Å². The number of aliphatic imine (C=N–C) groups is 1. The van der Waals surface area contributed by atoms with Gasteiger partial charge in [0.05, 0.1) is 11.8 Å². The topological polar surface area (TPSA) is 41.9 Å². The van der Waals surface area contributed by atoms with Crippen LogP contribution in [0.2, 0.25) is 0 Å². The highest BCUT2D eigenvalue weighted by molar-refractivity contribution is 8.15. The lowest BCUT2D eigenvalue weighted by Gasteiger charge is -2.44. The molecule has 4 rings (SSSR count). The second kappa shape index (κ2) is 3.29. The molecule has 2 bridgehead atoms. The number of benzene rings is 1. The molecule has 1 fully saturated rings. The number of fused-ring (bicyclic) bond motifs is 6. The standard InChI is InChI=1S/C13H12N2O2S/c1-13-6-9(8-4-2-3-5-10(8)17-13)15-11(16)7-18-12(15)14-13/h2-5,9H,6-7H2,1H3. The third kappa shape index (κ3) is 1.28. The Hall–Kier alpha value is -1.49. The highest BCUT2D eigenvalue weighted by Gasteiger charge is 2.49. The van der Waals surface area contributed by atoms with Gasteiger partial charge < -0.3 is 4.74 Å². The largest absolute Gasteiger partial charge is 0.466 e. The second-order valence-electron chi connectivity index (χ2n) is 4.98. The van der Waals surface area contributed by atoms with Crippen LogP contribution in [0.5, 0.6) is 5.75 Å². The molecule has 0 aromatic heterocycles. The molecule has 1 aromatic carbocycles. The first-order chi connectivity index (χ1) is 8.66. The molecule has 0 N–H and O–H groups in total. The Labute approximate surface area is 109 Å². The number of amides is 1. The molecule has 3 heterocycles. The lowest BCUT2D eigenvalue weighted by Crippen LogP contribution is -2.49. The third-order valence-corrected chi connectivity index (χ3v) is 4.56. The van der Waals surface area contributed by atoms with E-state index in [4.69, 9.17) is 4.74 Å². The van der Waals surface area contributed by atoms with Gasteiger partial charge in [-0.15, -0.1) is 0 Å². The summed E-state index contributed by atoms with van der Waals surface area (Å²) in [6.45, 7) is 1.99. The molecule has 0 saturated carbocycles. The van der Waals surface area contributed by atoms with E-state index >= 15 is 0 Å². The van der Waals surface area contributed by atoms with Crippen molar-refractivity contribution in [3.63, 3.8) is 0 Å². The number of rotatable bonds is 0. The minimum atomic E-state index is -0.525. The average molecular weight is 260 g/mol. The molecule has 92 valence electrons. The lowest BCUT2D eigenvalue weighted by molar-refractivity contribution is -0.127. The molecule has 4 nitrogen and oxygen atoms in total. The van der Waals surface area contributed by atoms with Crippen LogP contribution < -0.4 is 4.74 Å². The van der Waals surface area contributed by atoms with Gasteiger partial charge in [0.2, 0.25) is 11.6 Å². The normalized spacial score (nSPS) is 32.5. The summed E-state index contributed by atoms with van der Waals surface area (Å²) in [5.41, 5.74) is 0.570. The van der Waals surface area contributed by atoms with Crippen LogP contribution in [0.15, 0.2) is 29.3 Å². The molecule has 3 aliphatic rings. The molecule has 0 aliphatic carbocycles. The van der Waals surface area contributed by atoms with Gasteiger partial charge in [-0.3, -0.25) is 9.69 Å². The van der Waals surface area contributed by atoms with Crippen molar-refractivity contribution in [2.45, 2.75) is 25.1 Å². The molecule has 0 spiro atoms. The van der Waals surface area contributed by atoms with Crippen LogP contribution in [-0.4, -0.2) is 27.5 Å². The minimum Gasteiger partial charge on any atom is -0.466 e. The van der Waals surface area contributed by atoms with Gasteiger partial charge in [-0.05, 0) is 13.0 Å². The lowest BCUT2D eigenvalue weighted by atomic mass is 9.91. The zero-order chi connectivity index (χ0) is 12.3. The number of hydrogen-bond acceptors (Lipinski definition) is 4. The Kier molecular flexibility index (Phi) is 1.91. The van der Waals surface area contributed by atoms with Gasteiger partial charge in [-0.1, -0.05) is 30.0 Å². The summed E-state index contributed by atoms with van der Waals surface area (Å²) in [7, 11) is 0. The predicted molar refractivity (Wildman–Crippen MR) is 69.6 cm³/mol. The van der Waals surface area contributed by atoms with Gasteiger partial charge in [-0.2, -0.15) is 0 Å². The number of thioether (sulfide) groups is 1. The molecular formula is C13H12N2O2S. The summed E-state index contributed by atoms with van der Waals surface area (Å²) in [4.78, 5) is 18.5. The van der Waals surface area contributed by atoms with E-state index in [0.717, 1.165) is 22.9 Å². The van der Waals surface area contributed by atoms with Crippen molar-refractivity contribution in [3.05, 3.63) is 29.8 Å². The first-order valence-corrected chi connectivity index (χ1v) is 6.97. The van der Waals surface area contributed by atoms with Crippen LogP contribution in [-0.2, 0) is 4.79 Å². The average Bonchev–Trinajstić information content (AvgIpc) is 2.69. The first-order valence-electron chi connectivity index (χ1n) is 5.99. The number of nitrogens with zero attached hydrogens (tertiary/aromatic N) is 2. The Bertz CT molecular complexity index is 586. The summed E-state index contributed by atoms with van der Waals surface area (Å²) >= 11 is 1.51. The van der Waals surface area contributed by atoms with E-state index < -0.39 is 5.72 Å². The summed E-state index contributed by atoms with van der Waals surface area (Å²) in [5, 5.41) is 0.813. The number of carbonyl (C=O) groups is 1. The number of para-hydroxylation sites is 1. The monoisotopic (exact) mass is 260 g/mol. The van der Waals surface area contributed by atoms with Crippen molar-refractivity contribution in [1.82, 2.24) is 4.90 Å². The van der Waals surface area contributed by atoms with Gasteiger partial charge in [-0.25, -0.2) is 4.99 Å². The SMILES string of the molecule is CC12CC(c3ccccc3O1)N1C(=O)CSC1=N2. The van der Waals surface area contributed by atoms with Crippen molar-refractivity contribution >= 4 is 22.8 Å². The maximum absolute atomic E-state index is 12.0. The highest BCUT2D eigenvalue weighted by atomic mass is 32.2. The van der Waals surface area contributed by atoms with E-state index in [1.165, 1.54) is 11.8 Å². The fourth-order valence-electron chi connectivity index (χ4n) is 2.86. The first kappa shape index (κ1) is 10.4. The zero-order valence-corrected chi connectivity index (χ0v) is 10.7. The number of ether oxygens (including phenoxy) is 1. The van der Waals surface area contributed by atoms with E-state index in [2.05, 4.69) is 4.99 Å². The van der Waals surface area contributed by atoms with Gasteiger partial charge in [0.25, 0.3) is 0 Å². The van der Waals surface area contributed by atoms with Crippen LogP contribution in [0, 0.1) is 0 Å². The molecule has 1 amide bonds. The fraction of sp³-hybridized carbons (Fsp3) is 0.385. The second-order valence-corrected chi connectivity index (χ2v) is 5.92. The van der Waals surface area contributed by atoms with E-state index in [0.29, 0.717) is 5.75 Å². The molecular weight excluding hydrogens is 248 g/mol. The molecule has 18 heavy (non-hydrogen) atoms. The van der Waals surface area contributed by atoms with Crippen LogP contribution in [0.1, 0.15) is 24.9 Å². The highest BCUT2D eigenvalue weighted by Crippen LogP contribution is 2.48. The van der Waals surface area contributed by atoms with Crippen LogP contribution >= 0.6 is 11.8 Å². The fourth-order valence-corrected chi connectivity index (χ4v) is 3.88. The van der Waals surface area contributed by atoms with E-state index in [9.17, 15) is 4.79 Å². The molecule has 0 radical (unpaired) electrons. The van der Waals surface area contributed by atoms with E-state index in [1.807, 2.05) is 36.1 Å². The molecule has 5 heteroatoms. The maximum atomic E-state index is 12.0. The van der Waals surface area contributed by atoms with Gasteiger partial charge in [0, 0.05) is 12.0 Å². The molecule has 3 aliphatic heterocycles. The van der Waals surface area contributed by atoms with Crippen molar-refractivity contribution in [3.8, 4) is 5.75 Å². The smallest absolute Gasteiger partial charge is 0.239 e. The van der Waals surface area contributed by atoms with Crippen LogP contribution in [0.4, 0.5) is 0 Å². The van der Waals surface area contributed by atoms with Crippen molar-refractivity contribution in [2.24, 2.45) is 4.99 Å². The van der Waals surface area contributed by atoms with Crippen LogP contribution in [0.3, 0.4) is 0 Å². The maximum Gasteiger partial charge on any atom is 0.239 e. The summed E-state index contributed by atoms with van der Waals surface area (Å²) in [6, 6.07) is 8.01. The van der Waals surface area contributed by atoms with Gasteiger partial charge >= 0.3 is 0 Å². The Morgan fingerprint density at radius 3 is 3.22 bits per heavy atom. The van der Waals surface area contributed by atoms with E-state index in [1.54, 1.807) is 0 Å². The van der Waals surface area contributed by atoms with Crippen molar-refractivity contribution in [1.29, 1.82) is 0 Å².